The molecule has 26 heavy (non-hydrogen) atoms. The van der Waals surface area contributed by atoms with Crippen LogP contribution in [-0.4, -0.2) is 41.4 Å². The van der Waals surface area contributed by atoms with Crippen LogP contribution < -0.4 is 15.5 Å². The predicted octanol–water partition coefficient (Wildman–Crippen LogP) is 3.50. The summed E-state index contributed by atoms with van der Waals surface area (Å²) in [5.41, 5.74) is 3.17. The molecule has 144 valence electrons. The molecule has 0 aromatic heterocycles. The average molecular weight is 404 g/mol. The molecule has 9 heteroatoms. The molecule has 1 aliphatic heterocycles. The fourth-order valence-electron chi connectivity index (χ4n) is 2.55. The first-order valence-corrected chi connectivity index (χ1v) is 9.28. The van der Waals surface area contributed by atoms with Crippen molar-refractivity contribution in [3.05, 3.63) is 23.0 Å². The number of esters is 1. The van der Waals surface area contributed by atoms with Crippen molar-refractivity contribution in [2.24, 2.45) is 0 Å². The van der Waals surface area contributed by atoms with Gasteiger partial charge in [-0.15, -0.1) is 0 Å². The van der Waals surface area contributed by atoms with E-state index in [2.05, 4.69) is 10.7 Å². The van der Waals surface area contributed by atoms with E-state index in [1.165, 1.54) is 11.1 Å². The van der Waals surface area contributed by atoms with Crippen LogP contribution in [0.25, 0.3) is 0 Å². The quantitative estimate of drug-likeness (QED) is 0.576. The standard InChI is InChI=1S/C17H23ClFN3O3S/c1-4-24-16(23)14-6-5-7-20-22(14)17(26)21-13-9-15(25-10(2)3)11(18)8-12(13)19/h8-10,14,20H,4-7H2,1-3H3,(H,21,26). The van der Waals surface area contributed by atoms with Crippen LogP contribution in [0.3, 0.4) is 0 Å². The molecule has 1 fully saturated rings. The second-order valence-electron chi connectivity index (χ2n) is 6.05. The second kappa shape index (κ2) is 9.34. The van der Waals surface area contributed by atoms with Gasteiger partial charge in [-0.05, 0) is 51.9 Å². The highest BCUT2D eigenvalue weighted by molar-refractivity contribution is 7.80. The summed E-state index contributed by atoms with van der Waals surface area (Å²) in [7, 11) is 0. The fraction of sp³-hybridized carbons (Fsp3) is 0.529. The van der Waals surface area contributed by atoms with Gasteiger partial charge in [0, 0.05) is 12.6 Å². The first kappa shape index (κ1) is 20.7. The summed E-state index contributed by atoms with van der Waals surface area (Å²) in [6.07, 6.45) is 1.29. The van der Waals surface area contributed by atoms with E-state index in [0.29, 0.717) is 18.7 Å². The van der Waals surface area contributed by atoms with Crippen LogP contribution in [0.4, 0.5) is 10.1 Å². The van der Waals surface area contributed by atoms with Crippen LogP contribution >= 0.6 is 23.8 Å². The number of hydrogen-bond donors (Lipinski definition) is 2. The zero-order valence-electron chi connectivity index (χ0n) is 15.0. The van der Waals surface area contributed by atoms with Crippen LogP contribution in [0.2, 0.25) is 5.02 Å². The second-order valence-corrected chi connectivity index (χ2v) is 6.84. The van der Waals surface area contributed by atoms with E-state index in [1.807, 2.05) is 13.8 Å². The molecule has 1 unspecified atom stereocenters. The van der Waals surface area contributed by atoms with Crippen molar-refractivity contribution in [1.82, 2.24) is 10.4 Å². The Morgan fingerprint density at radius 3 is 2.92 bits per heavy atom. The Kier molecular flexibility index (Phi) is 7.43. The molecule has 0 saturated carbocycles. The van der Waals surface area contributed by atoms with Gasteiger partial charge in [-0.25, -0.2) is 14.6 Å². The highest BCUT2D eigenvalue weighted by Gasteiger charge is 2.32. The van der Waals surface area contributed by atoms with Crippen LogP contribution in [-0.2, 0) is 9.53 Å². The van der Waals surface area contributed by atoms with Gasteiger partial charge in [0.1, 0.15) is 17.6 Å². The Balaban J connectivity index is 2.18. The van der Waals surface area contributed by atoms with Crippen molar-refractivity contribution in [2.45, 2.75) is 45.8 Å². The summed E-state index contributed by atoms with van der Waals surface area (Å²) >= 11 is 11.4. The van der Waals surface area contributed by atoms with Crippen LogP contribution in [0, 0.1) is 5.82 Å². The maximum atomic E-state index is 14.3. The fourth-order valence-corrected chi connectivity index (χ4v) is 3.05. The normalized spacial score (nSPS) is 17.2. The Morgan fingerprint density at radius 1 is 1.54 bits per heavy atom. The molecular weight excluding hydrogens is 381 g/mol. The Morgan fingerprint density at radius 2 is 2.27 bits per heavy atom. The summed E-state index contributed by atoms with van der Waals surface area (Å²) in [4.78, 5) is 12.1. The van der Waals surface area contributed by atoms with Gasteiger partial charge in [0.2, 0.25) is 0 Å². The number of rotatable bonds is 5. The Labute approximate surface area is 162 Å². The van der Waals surface area contributed by atoms with Gasteiger partial charge < -0.3 is 14.8 Å². The maximum Gasteiger partial charge on any atom is 0.330 e. The predicted molar refractivity (Wildman–Crippen MR) is 103 cm³/mol. The van der Waals surface area contributed by atoms with Gasteiger partial charge in [0.05, 0.1) is 23.4 Å². The maximum absolute atomic E-state index is 14.3. The average Bonchev–Trinajstić information content (AvgIpc) is 2.59. The van der Waals surface area contributed by atoms with E-state index in [9.17, 15) is 9.18 Å². The molecule has 1 aromatic rings. The summed E-state index contributed by atoms with van der Waals surface area (Å²) in [6.45, 7) is 6.38. The first-order valence-electron chi connectivity index (χ1n) is 8.49. The van der Waals surface area contributed by atoms with Crippen molar-refractivity contribution in [3.63, 3.8) is 0 Å². The van der Waals surface area contributed by atoms with Gasteiger partial charge in [-0.1, -0.05) is 11.6 Å². The van der Waals surface area contributed by atoms with Crippen LogP contribution in [0.1, 0.15) is 33.6 Å². The Hall–Kier alpha value is -1.64. The molecule has 2 N–H and O–H groups in total. The molecule has 1 atom stereocenters. The van der Waals surface area contributed by atoms with Gasteiger partial charge in [0.25, 0.3) is 0 Å². The third-order valence-corrected chi connectivity index (χ3v) is 4.25. The number of halogens is 2. The van der Waals surface area contributed by atoms with Crippen molar-refractivity contribution in [1.29, 1.82) is 0 Å². The van der Waals surface area contributed by atoms with E-state index in [-0.39, 0.29) is 34.5 Å². The van der Waals surface area contributed by atoms with Gasteiger partial charge in [-0.3, -0.25) is 5.01 Å². The number of carbonyl (C=O) groups is 1. The molecule has 1 saturated heterocycles. The van der Waals surface area contributed by atoms with E-state index in [0.717, 1.165) is 12.5 Å². The van der Waals surface area contributed by atoms with E-state index < -0.39 is 11.9 Å². The van der Waals surface area contributed by atoms with Crippen molar-refractivity contribution >= 4 is 40.6 Å². The number of ether oxygens (including phenoxy) is 2. The van der Waals surface area contributed by atoms with E-state index in [1.54, 1.807) is 6.92 Å². The molecule has 1 aliphatic rings. The number of hydrazine groups is 1. The highest BCUT2D eigenvalue weighted by atomic mass is 35.5. The molecule has 0 amide bonds. The lowest BCUT2D eigenvalue weighted by Gasteiger charge is -2.36. The minimum absolute atomic E-state index is 0.116. The zero-order chi connectivity index (χ0) is 19.3. The Bertz CT molecular complexity index is 675. The number of hydrogen-bond acceptors (Lipinski definition) is 5. The zero-order valence-corrected chi connectivity index (χ0v) is 16.5. The summed E-state index contributed by atoms with van der Waals surface area (Å²) < 4.78 is 24.9. The molecule has 6 nitrogen and oxygen atoms in total. The van der Waals surface area contributed by atoms with Crippen LogP contribution in [0.5, 0.6) is 5.75 Å². The van der Waals surface area contributed by atoms with Crippen molar-refractivity contribution in [3.8, 4) is 5.75 Å². The van der Waals surface area contributed by atoms with Crippen molar-refractivity contribution < 1.29 is 18.7 Å². The molecule has 0 aliphatic carbocycles. The number of nitrogens with zero attached hydrogens (tertiary/aromatic N) is 1. The monoisotopic (exact) mass is 403 g/mol. The molecule has 2 rings (SSSR count). The smallest absolute Gasteiger partial charge is 0.330 e. The lowest BCUT2D eigenvalue weighted by Crippen LogP contribution is -2.57. The number of nitrogens with one attached hydrogen (secondary N) is 2. The SMILES string of the molecule is CCOC(=O)C1CCCNN1C(=S)Nc1cc(OC(C)C)c(Cl)cc1F. The third-order valence-electron chi connectivity index (χ3n) is 3.65. The topological polar surface area (TPSA) is 62.8 Å². The minimum atomic E-state index is -0.571. The first-order chi connectivity index (χ1) is 12.3. The molecule has 0 spiro atoms. The summed E-state index contributed by atoms with van der Waals surface area (Å²) in [5, 5.41) is 4.67. The largest absolute Gasteiger partial charge is 0.489 e. The summed E-state index contributed by atoms with van der Waals surface area (Å²) in [5.74, 6) is -0.593. The minimum Gasteiger partial charge on any atom is -0.489 e. The number of benzene rings is 1. The van der Waals surface area contributed by atoms with Crippen LogP contribution in [0.15, 0.2) is 12.1 Å². The number of anilines is 1. The molecule has 1 heterocycles. The molecule has 0 bridgehead atoms. The van der Waals surface area contributed by atoms with Gasteiger partial charge in [-0.2, -0.15) is 0 Å². The molecule has 0 radical (unpaired) electrons. The van der Waals surface area contributed by atoms with Crippen molar-refractivity contribution in [2.75, 3.05) is 18.5 Å². The van der Waals surface area contributed by atoms with E-state index in [4.69, 9.17) is 33.3 Å². The van der Waals surface area contributed by atoms with Gasteiger partial charge in [0.15, 0.2) is 5.11 Å². The lowest BCUT2D eigenvalue weighted by atomic mass is 10.1. The molecule has 1 aromatic carbocycles. The highest BCUT2D eigenvalue weighted by Crippen LogP contribution is 2.31. The van der Waals surface area contributed by atoms with E-state index >= 15 is 0 Å². The third kappa shape index (κ3) is 5.18. The number of thiocarbonyl (C=S) groups is 1. The molecular formula is C17H23ClFN3O3S. The lowest BCUT2D eigenvalue weighted by molar-refractivity contribution is -0.150. The number of carbonyl (C=O) groups excluding carboxylic acids is 1. The van der Waals surface area contributed by atoms with Gasteiger partial charge >= 0.3 is 5.97 Å². The summed E-state index contributed by atoms with van der Waals surface area (Å²) in [6, 6.07) is 2.05.